The molecule has 2 N–H and O–H groups in total. The van der Waals surface area contributed by atoms with E-state index in [-0.39, 0.29) is 12.5 Å². The Bertz CT molecular complexity index is 418. The molecule has 0 aliphatic carbocycles. The van der Waals surface area contributed by atoms with Gasteiger partial charge in [0.2, 0.25) is 0 Å². The second-order valence-electron chi connectivity index (χ2n) is 4.34. The lowest BCUT2D eigenvalue weighted by Crippen LogP contribution is -2.46. The Hall–Kier alpha value is -0.820. The van der Waals surface area contributed by atoms with Crippen molar-refractivity contribution >= 4 is 28.5 Å². The summed E-state index contributed by atoms with van der Waals surface area (Å²) in [6.45, 7) is 3.42. The first kappa shape index (κ1) is 14.2. The quantitative estimate of drug-likeness (QED) is 0.815. The molecular weight excluding hydrogens is 333 g/mol. The monoisotopic (exact) mass is 349 g/mol. The standard InChI is InChI=1S/C12H16INO3/c1-12(2,7-15)14-11(16)9-5-4-8(17-3)6-10(9)13/h4-6,15H,7H2,1-3H3,(H,14,16). The number of nitrogens with one attached hydrogen (secondary N) is 1. The maximum atomic E-state index is 12.0. The van der Waals surface area contributed by atoms with E-state index >= 15 is 0 Å². The van der Waals surface area contributed by atoms with Crippen LogP contribution in [0.5, 0.6) is 5.75 Å². The third kappa shape index (κ3) is 3.85. The summed E-state index contributed by atoms with van der Waals surface area (Å²) in [6, 6.07) is 5.24. The summed E-state index contributed by atoms with van der Waals surface area (Å²) < 4.78 is 5.89. The third-order valence-corrected chi connectivity index (χ3v) is 3.16. The Kier molecular flexibility index (Phi) is 4.76. The molecule has 17 heavy (non-hydrogen) atoms. The molecule has 0 bridgehead atoms. The molecule has 0 saturated heterocycles. The fourth-order valence-corrected chi connectivity index (χ4v) is 1.95. The molecule has 0 spiro atoms. The number of carbonyl (C=O) groups is 1. The second-order valence-corrected chi connectivity index (χ2v) is 5.50. The number of rotatable bonds is 4. The molecule has 1 aromatic rings. The van der Waals surface area contributed by atoms with Gasteiger partial charge in [-0.15, -0.1) is 0 Å². The highest BCUT2D eigenvalue weighted by Gasteiger charge is 2.21. The maximum absolute atomic E-state index is 12.0. The summed E-state index contributed by atoms with van der Waals surface area (Å²) in [7, 11) is 1.58. The van der Waals surface area contributed by atoms with Gasteiger partial charge in [0.25, 0.3) is 5.91 Å². The van der Waals surface area contributed by atoms with Gasteiger partial charge in [-0.2, -0.15) is 0 Å². The SMILES string of the molecule is COc1ccc(C(=O)NC(C)(C)CO)c(I)c1. The van der Waals surface area contributed by atoms with Crippen LogP contribution in [0.25, 0.3) is 0 Å². The average Bonchev–Trinajstić information content (AvgIpc) is 2.28. The van der Waals surface area contributed by atoms with Crippen LogP contribution in [0.2, 0.25) is 0 Å². The molecule has 0 radical (unpaired) electrons. The molecule has 1 amide bonds. The maximum Gasteiger partial charge on any atom is 0.252 e. The highest BCUT2D eigenvalue weighted by Crippen LogP contribution is 2.20. The molecule has 1 rings (SSSR count). The first-order chi connectivity index (χ1) is 7.89. The van der Waals surface area contributed by atoms with Crippen LogP contribution in [0, 0.1) is 3.57 Å². The van der Waals surface area contributed by atoms with Gasteiger partial charge in [0.1, 0.15) is 5.75 Å². The normalized spacial score (nSPS) is 11.1. The van der Waals surface area contributed by atoms with Gasteiger partial charge in [0, 0.05) is 3.57 Å². The number of benzene rings is 1. The lowest BCUT2D eigenvalue weighted by molar-refractivity contribution is 0.0868. The minimum Gasteiger partial charge on any atom is -0.497 e. The van der Waals surface area contributed by atoms with Crippen molar-refractivity contribution in [3.05, 3.63) is 27.3 Å². The van der Waals surface area contributed by atoms with E-state index in [1.807, 2.05) is 0 Å². The van der Waals surface area contributed by atoms with Gasteiger partial charge in [-0.3, -0.25) is 4.79 Å². The van der Waals surface area contributed by atoms with Gasteiger partial charge >= 0.3 is 0 Å². The van der Waals surface area contributed by atoms with Gasteiger partial charge in [-0.05, 0) is 54.6 Å². The van der Waals surface area contributed by atoms with Crippen LogP contribution >= 0.6 is 22.6 Å². The molecule has 0 heterocycles. The van der Waals surface area contributed by atoms with Gasteiger partial charge in [0.15, 0.2) is 0 Å². The lowest BCUT2D eigenvalue weighted by atomic mass is 10.1. The Labute approximate surface area is 115 Å². The van der Waals surface area contributed by atoms with Crippen molar-refractivity contribution in [1.82, 2.24) is 5.32 Å². The number of methoxy groups -OCH3 is 1. The van der Waals surface area contributed by atoms with Gasteiger partial charge in [-0.1, -0.05) is 0 Å². The van der Waals surface area contributed by atoms with E-state index in [1.165, 1.54) is 0 Å². The van der Waals surface area contributed by atoms with Crippen LogP contribution in [-0.2, 0) is 0 Å². The van der Waals surface area contributed by atoms with Crippen LogP contribution in [0.1, 0.15) is 24.2 Å². The van der Waals surface area contributed by atoms with Crippen molar-refractivity contribution in [3.8, 4) is 5.75 Å². The summed E-state index contributed by atoms with van der Waals surface area (Å²) in [5.74, 6) is 0.517. The number of hydrogen-bond acceptors (Lipinski definition) is 3. The largest absolute Gasteiger partial charge is 0.497 e. The molecule has 1 aromatic carbocycles. The highest BCUT2D eigenvalue weighted by molar-refractivity contribution is 14.1. The fraction of sp³-hybridized carbons (Fsp3) is 0.417. The van der Waals surface area contributed by atoms with Crippen LogP contribution in [0.4, 0.5) is 0 Å². The number of halogens is 1. The molecule has 0 atom stereocenters. The van der Waals surface area contributed by atoms with Crippen LogP contribution < -0.4 is 10.1 Å². The number of aliphatic hydroxyl groups is 1. The Morgan fingerprint density at radius 1 is 1.53 bits per heavy atom. The first-order valence-electron chi connectivity index (χ1n) is 5.16. The third-order valence-electron chi connectivity index (χ3n) is 2.27. The van der Waals surface area contributed by atoms with Gasteiger partial charge in [-0.25, -0.2) is 0 Å². The smallest absolute Gasteiger partial charge is 0.252 e. The van der Waals surface area contributed by atoms with E-state index in [0.29, 0.717) is 11.3 Å². The van der Waals surface area contributed by atoms with E-state index in [4.69, 9.17) is 9.84 Å². The minimum absolute atomic E-state index is 0.106. The van der Waals surface area contributed by atoms with Crippen molar-refractivity contribution in [1.29, 1.82) is 0 Å². The molecule has 0 fully saturated rings. The fourth-order valence-electron chi connectivity index (χ4n) is 1.22. The number of carbonyl (C=O) groups excluding carboxylic acids is 1. The highest BCUT2D eigenvalue weighted by atomic mass is 127. The van der Waals surface area contributed by atoms with Gasteiger partial charge in [0.05, 0.1) is 24.8 Å². The Balaban J connectivity index is 2.90. The van der Waals surface area contributed by atoms with Crippen LogP contribution in [-0.4, -0.2) is 30.3 Å². The summed E-state index contributed by atoms with van der Waals surface area (Å²) in [4.78, 5) is 12.0. The number of amides is 1. The number of aliphatic hydroxyl groups excluding tert-OH is 1. The van der Waals surface area contributed by atoms with E-state index in [0.717, 1.165) is 3.57 Å². The molecular formula is C12H16INO3. The number of hydrogen-bond donors (Lipinski definition) is 2. The van der Waals surface area contributed by atoms with Crippen molar-refractivity contribution in [2.24, 2.45) is 0 Å². The van der Waals surface area contributed by atoms with E-state index in [9.17, 15) is 4.79 Å². The van der Waals surface area contributed by atoms with Crippen molar-refractivity contribution < 1.29 is 14.6 Å². The summed E-state index contributed by atoms with van der Waals surface area (Å²) in [5, 5.41) is 11.9. The zero-order valence-corrected chi connectivity index (χ0v) is 12.2. The van der Waals surface area contributed by atoms with Gasteiger partial charge < -0.3 is 15.2 Å². The van der Waals surface area contributed by atoms with E-state index < -0.39 is 5.54 Å². The predicted octanol–water partition coefficient (Wildman–Crippen LogP) is 1.80. The number of ether oxygens (including phenoxy) is 1. The molecule has 0 saturated carbocycles. The lowest BCUT2D eigenvalue weighted by Gasteiger charge is -2.23. The van der Waals surface area contributed by atoms with Crippen LogP contribution in [0.15, 0.2) is 18.2 Å². The average molecular weight is 349 g/mol. The van der Waals surface area contributed by atoms with E-state index in [1.54, 1.807) is 39.2 Å². The minimum atomic E-state index is -0.625. The molecule has 4 nitrogen and oxygen atoms in total. The second kappa shape index (κ2) is 5.68. The Morgan fingerprint density at radius 3 is 2.65 bits per heavy atom. The topological polar surface area (TPSA) is 58.6 Å². The zero-order chi connectivity index (χ0) is 13.1. The van der Waals surface area contributed by atoms with Crippen molar-refractivity contribution in [2.45, 2.75) is 19.4 Å². The Morgan fingerprint density at radius 2 is 2.18 bits per heavy atom. The van der Waals surface area contributed by atoms with Crippen molar-refractivity contribution in [3.63, 3.8) is 0 Å². The van der Waals surface area contributed by atoms with Crippen LogP contribution in [0.3, 0.4) is 0 Å². The zero-order valence-electron chi connectivity index (χ0n) is 10.1. The van der Waals surface area contributed by atoms with Crippen molar-refractivity contribution in [2.75, 3.05) is 13.7 Å². The molecule has 0 aliphatic heterocycles. The van der Waals surface area contributed by atoms with E-state index in [2.05, 4.69) is 27.9 Å². The molecule has 0 unspecified atom stereocenters. The molecule has 94 valence electrons. The summed E-state index contributed by atoms with van der Waals surface area (Å²) in [6.07, 6.45) is 0. The summed E-state index contributed by atoms with van der Waals surface area (Å²) in [5.41, 5.74) is -0.0481. The molecule has 5 heteroatoms. The molecule has 0 aromatic heterocycles. The predicted molar refractivity (Wildman–Crippen MR) is 74.3 cm³/mol. The molecule has 0 aliphatic rings. The first-order valence-corrected chi connectivity index (χ1v) is 6.24. The summed E-state index contributed by atoms with van der Waals surface area (Å²) >= 11 is 2.08.